The van der Waals surface area contributed by atoms with Crippen molar-refractivity contribution < 1.29 is 9.59 Å². The second-order valence-corrected chi connectivity index (χ2v) is 7.48. The van der Waals surface area contributed by atoms with Crippen molar-refractivity contribution in [2.75, 3.05) is 5.32 Å². The van der Waals surface area contributed by atoms with Crippen molar-refractivity contribution in [1.29, 1.82) is 0 Å². The Labute approximate surface area is 152 Å². The summed E-state index contributed by atoms with van der Waals surface area (Å²) in [6.45, 7) is 4.09. The molecule has 2 N–H and O–H groups in total. The first kappa shape index (κ1) is 17.5. The van der Waals surface area contributed by atoms with Gasteiger partial charge in [-0.05, 0) is 31.0 Å². The highest BCUT2D eigenvalue weighted by molar-refractivity contribution is 8.01. The summed E-state index contributed by atoms with van der Waals surface area (Å²) in [6.07, 6.45) is 0.981. The van der Waals surface area contributed by atoms with Crippen LogP contribution in [0, 0.1) is 6.92 Å². The fourth-order valence-corrected chi connectivity index (χ4v) is 3.98. The van der Waals surface area contributed by atoms with Crippen molar-refractivity contribution in [2.45, 2.75) is 42.9 Å². The second-order valence-electron chi connectivity index (χ2n) is 6.24. The Morgan fingerprint density at radius 3 is 2.64 bits per heavy atom. The lowest BCUT2D eigenvalue weighted by Crippen LogP contribution is -2.36. The molecular formula is C20H22N2O2S. The van der Waals surface area contributed by atoms with E-state index in [1.165, 1.54) is 17.3 Å². The molecule has 0 saturated carbocycles. The summed E-state index contributed by atoms with van der Waals surface area (Å²) in [7, 11) is 0. The molecule has 130 valence electrons. The molecule has 2 amide bonds. The van der Waals surface area contributed by atoms with E-state index < -0.39 is 5.25 Å². The Morgan fingerprint density at radius 1 is 1.20 bits per heavy atom. The number of carbonyl (C=O) groups is 2. The van der Waals surface area contributed by atoms with Crippen molar-refractivity contribution in [3.8, 4) is 0 Å². The van der Waals surface area contributed by atoms with Gasteiger partial charge in [-0.25, -0.2) is 0 Å². The van der Waals surface area contributed by atoms with Crippen LogP contribution in [0.3, 0.4) is 0 Å². The molecule has 5 heteroatoms. The standard InChI is InChI=1S/C20H22N2O2S/c1-3-15(14-10-8-13(2)9-11-14)21-19(23)12-18-20(24)22-16-6-4-5-7-17(16)25-18/h4-11,15,18H,3,12H2,1-2H3,(H,21,23)(H,22,24). The average molecular weight is 354 g/mol. The maximum absolute atomic E-state index is 12.5. The van der Waals surface area contributed by atoms with Gasteiger partial charge in [0.1, 0.15) is 0 Å². The molecule has 0 spiro atoms. The molecular weight excluding hydrogens is 332 g/mol. The summed E-state index contributed by atoms with van der Waals surface area (Å²) < 4.78 is 0. The van der Waals surface area contributed by atoms with E-state index in [1.54, 1.807) is 0 Å². The van der Waals surface area contributed by atoms with Crippen molar-refractivity contribution in [3.63, 3.8) is 0 Å². The normalized spacial score (nSPS) is 17.4. The summed E-state index contributed by atoms with van der Waals surface area (Å²) in [6, 6.07) is 15.8. The molecule has 2 unspecified atom stereocenters. The zero-order valence-corrected chi connectivity index (χ0v) is 15.2. The molecule has 0 aromatic heterocycles. The zero-order chi connectivity index (χ0) is 17.8. The quantitative estimate of drug-likeness (QED) is 0.851. The lowest BCUT2D eigenvalue weighted by molar-refractivity contribution is -0.124. The molecule has 1 aliphatic heterocycles. The first-order chi connectivity index (χ1) is 12.1. The van der Waals surface area contributed by atoms with Gasteiger partial charge in [0.2, 0.25) is 11.8 Å². The Morgan fingerprint density at radius 2 is 1.92 bits per heavy atom. The van der Waals surface area contributed by atoms with Crippen LogP contribution in [0.1, 0.15) is 36.9 Å². The van der Waals surface area contributed by atoms with Gasteiger partial charge in [0.15, 0.2) is 0 Å². The number of para-hydroxylation sites is 1. The van der Waals surface area contributed by atoms with Crippen LogP contribution in [-0.2, 0) is 9.59 Å². The van der Waals surface area contributed by atoms with Crippen molar-refractivity contribution in [1.82, 2.24) is 5.32 Å². The van der Waals surface area contributed by atoms with Crippen molar-refractivity contribution in [2.24, 2.45) is 0 Å². The van der Waals surface area contributed by atoms with Crippen molar-refractivity contribution >= 4 is 29.3 Å². The van der Waals surface area contributed by atoms with E-state index in [-0.39, 0.29) is 24.3 Å². The average Bonchev–Trinajstić information content (AvgIpc) is 2.61. The van der Waals surface area contributed by atoms with Gasteiger partial charge in [-0.1, -0.05) is 48.9 Å². The largest absolute Gasteiger partial charge is 0.349 e. The van der Waals surface area contributed by atoms with Gasteiger partial charge in [-0.3, -0.25) is 9.59 Å². The summed E-state index contributed by atoms with van der Waals surface area (Å²) in [5.74, 6) is -0.207. The number of amides is 2. The molecule has 2 atom stereocenters. The number of anilines is 1. The van der Waals surface area contributed by atoms with Crippen LogP contribution in [0.4, 0.5) is 5.69 Å². The topological polar surface area (TPSA) is 58.2 Å². The predicted octanol–water partition coefficient (Wildman–Crippen LogP) is 4.07. The number of hydrogen-bond donors (Lipinski definition) is 2. The lowest BCUT2D eigenvalue weighted by atomic mass is 10.0. The third-order valence-corrected chi connectivity index (χ3v) is 5.58. The van der Waals surface area contributed by atoms with Crippen LogP contribution in [0.2, 0.25) is 0 Å². The van der Waals surface area contributed by atoms with Gasteiger partial charge in [-0.2, -0.15) is 0 Å². The van der Waals surface area contributed by atoms with Crippen LogP contribution in [0.15, 0.2) is 53.4 Å². The summed E-state index contributed by atoms with van der Waals surface area (Å²) in [5, 5.41) is 5.55. The molecule has 0 saturated heterocycles. The highest BCUT2D eigenvalue weighted by Crippen LogP contribution is 2.36. The van der Waals surface area contributed by atoms with Gasteiger partial charge in [0, 0.05) is 11.3 Å². The Hall–Kier alpha value is -2.27. The van der Waals surface area contributed by atoms with Gasteiger partial charge >= 0.3 is 0 Å². The minimum Gasteiger partial charge on any atom is -0.349 e. The summed E-state index contributed by atoms with van der Waals surface area (Å²) in [5.41, 5.74) is 3.10. The molecule has 3 rings (SSSR count). The van der Waals surface area contributed by atoms with E-state index in [9.17, 15) is 9.59 Å². The van der Waals surface area contributed by atoms with Crippen molar-refractivity contribution in [3.05, 3.63) is 59.7 Å². The van der Waals surface area contributed by atoms with E-state index in [2.05, 4.69) is 10.6 Å². The molecule has 4 nitrogen and oxygen atoms in total. The number of carbonyl (C=O) groups excluding carboxylic acids is 2. The number of fused-ring (bicyclic) bond motifs is 1. The first-order valence-electron chi connectivity index (χ1n) is 8.49. The Balaban J connectivity index is 1.64. The third-order valence-electron chi connectivity index (χ3n) is 4.30. The van der Waals surface area contributed by atoms with E-state index in [0.29, 0.717) is 0 Å². The minimum atomic E-state index is -0.398. The second kappa shape index (κ2) is 7.74. The fourth-order valence-electron chi connectivity index (χ4n) is 2.87. The number of nitrogens with one attached hydrogen (secondary N) is 2. The lowest BCUT2D eigenvalue weighted by Gasteiger charge is -2.24. The van der Waals surface area contributed by atoms with Gasteiger partial charge < -0.3 is 10.6 Å². The molecule has 25 heavy (non-hydrogen) atoms. The molecule has 2 aromatic carbocycles. The van der Waals surface area contributed by atoms with Gasteiger partial charge in [0.25, 0.3) is 0 Å². The van der Waals surface area contributed by atoms with Crippen LogP contribution >= 0.6 is 11.8 Å². The smallest absolute Gasteiger partial charge is 0.238 e. The fraction of sp³-hybridized carbons (Fsp3) is 0.300. The molecule has 2 aromatic rings. The van der Waals surface area contributed by atoms with E-state index in [0.717, 1.165) is 22.6 Å². The van der Waals surface area contributed by atoms with Crippen LogP contribution < -0.4 is 10.6 Å². The number of benzene rings is 2. The molecule has 0 aliphatic carbocycles. The molecule has 1 aliphatic rings. The van der Waals surface area contributed by atoms with Gasteiger partial charge in [0.05, 0.1) is 17.0 Å². The molecule has 0 bridgehead atoms. The van der Waals surface area contributed by atoms with E-state index in [1.807, 2.05) is 62.4 Å². The number of thioether (sulfide) groups is 1. The molecule has 0 radical (unpaired) electrons. The molecule has 0 fully saturated rings. The zero-order valence-electron chi connectivity index (χ0n) is 14.4. The highest BCUT2D eigenvalue weighted by Gasteiger charge is 2.29. The molecule has 1 heterocycles. The third kappa shape index (κ3) is 4.23. The van der Waals surface area contributed by atoms with Gasteiger partial charge in [-0.15, -0.1) is 11.8 Å². The van der Waals surface area contributed by atoms with Crippen LogP contribution in [0.25, 0.3) is 0 Å². The summed E-state index contributed by atoms with van der Waals surface area (Å²) >= 11 is 1.45. The van der Waals surface area contributed by atoms with E-state index in [4.69, 9.17) is 0 Å². The Bertz CT molecular complexity index is 774. The maximum atomic E-state index is 12.5. The SMILES string of the molecule is CCC(NC(=O)CC1Sc2ccccc2NC1=O)c1ccc(C)cc1. The highest BCUT2D eigenvalue weighted by atomic mass is 32.2. The number of hydrogen-bond acceptors (Lipinski definition) is 3. The van der Waals surface area contributed by atoms with Crippen LogP contribution in [0.5, 0.6) is 0 Å². The Kier molecular flexibility index (Phi) is 5.43. The minimum absolute atomic E-state index is 0.0305. The monoisotopic (exact) mass is 354 g/mol. The van der Waals surface area contributed by atoms with Crippen LogP contribution in [-0.4, -0.2) is 17.1 Å². The summed E-state index contributed by atoms with van der Waals surface area (Å²) in [4.78, 5) is 25.7. The number of rotatable bonds is 5. The first-order valence-corrected chi connectivity index (χ1v) is 9.37. The van der Waals surface area contributed by atoms with E-state index >= 15 is 0 Å². The number of aryl methyl sites for hydroxylation is 1. The predicted molar refractivity (Wildman–Crippen MR) is 102 cm³/mol. The maximum Gasteiger partial charge on any atom is 0.238 e.